The summed E-state index contributed by atoms with van der Waals surface area (Å²) in [5, 5.41) is 22.7. The van der Waals surface area contributed by atoms with E-state index in [2.05, 4.69) is 10.6 Å². The predicted molar refractivity (Wildman–Crippen MR) is 54.4 cm³/mol. The molecule has 15 heavy (non-hydrogen) atoms. The lowest BCUT2D eigenvalue weighted by Gasteiger charge is -2.07. The molecule has 0 radical (unpaired) electrons. The van der Waals surface area contributed by atoms with Gasteiger partial charge in [-0.3, -0.25) is 4.79 Å². The van der Waals surface area contributed by atoms with Crippen molar-refractivity contribution in [1.82, 2.24) is 10.6 Å². The van der Waals surface area contributed by atoms with Crippen molar-refractivity contribution in [3.8, 4) is 0 Å². The van der Waals surface area contributed by atoms with Crippen LogP contribution < -0.4 is 10.6 Å². The van der Waals surface area contributed by atoms with E-state index in [4.69, 9.17) is 10.2 Å². The summed E-state index contributed by atoms with van der Waals surface area (Å²) < 4.78 is 0. The van der Waals surface area contributed by atoms with Gasteiger partial charge in [-0.05, 0) is 20.0 Å². The molecular weight excluding hydrogens is 200 g/mol. The Kier molecular flexibility index (Phi) is 7.57. The molecule has 88 valence electrons. The Hall–Kier alpha value is -1.14. The fourth-order valence-corrected chi connectivity index (χ4v) is 0.986. The highest BCUT2D eigenvalue weighted by Crippen LogP contribution is 1.91. The molecule has 6 nitrogen and oxygen atoms in total. The van der Waals surface area contributed by atoms with E-state index in [-0.39, 0.29) is 18.9 Å². The summed E-state index contributed by atoms with van der Waals surface area (Å²) in [4.78, 5) is 21.3. The van der Waals surface area contributed by atoms with Crippen molar-refractivity contribution in [2.24, 2.45) is 0 Å². The highest BCUT2D eigenvalue weighted by Gasteiger charge is 2.12. The van der Waals surface area contributed by atoms with Gasteiger partial charge in [-0.25, -0.2) is 4.79 Å². The number of amides is 1. The first kappa shape index (κ1) is 13.9. The van der Waals surface area contributed by atoms with Gasteiger partial charge in [0, 0.05) is 19.4 Å². The average Bonchev–Trinajstić information content (AvgIpc) is 2.18. The Morgan fingerprint density at radius 2 is 2.00 bits per heavy atom. The summed E-state index contributed by atoms with van der Waals surface area (Å²) in [5.74, 6) is -1.39. The van der Waals surface area contributed by atoms with Gasteiger partial charge in [0.05, 0.1) is 0 Å². The lowest BCUT2D eigenvalue weighted by molar-refractivity contribution is -0.147. The zero-order chi connectivity index (χ0) is 11.7. The third kappa shape index (κ3) is 7.90. The van der Waals surface area contributed by atoms with Crippen LogP contribution >= 0.6 is 0 Å². The van der Waals surface area contributed by atoms with Gasteiger partial charge in [-0.15, -0.1) is 0 Å². The van der Waals surface area contributed by atoms with Crippen molar-refractivity contribution in [2.75, 3.05) is 20.1 Å². The molecular formula is C9H18N2O4. The molecule has 0 aromatic carbocycles. The molecule has 0 rings (SSSR count). The molecule has 0 fully saturated rings. The largest absolute Gasteiger partial charge is 0.479 e. The van der Waals surface area contributed by atoms with Gasteiger partial charge < -0.3 is 20.8 Å². The normalized spacial score (nSPS) is 12.1. The minimum absolute atomic E-state index is 0.0348. The van der Waals surface area contributed by atoms with Crippen LogP contribution in [0.4, 0.5) is 0 Å². The molecule has 0 bridgehead atoms. The minimum atomic E-state index is -1.40. The van der Waals surface area contributed by atoms with E-state index in [9.17, 15) is 9.59 Å². The molecule has 6 heteroatoms. The van der Waals surface area contributed by atoms with Crippen LogP contribution in [0.15, 0.2) is 0 Å². The summed E-state index contributed by atoms with van der Waals surface area (Å²) in [5.41, 5.74) is 0. The third-order valence-corrected chi connectivity index (χ3v) is 1.86. The maximum absolute atomic E-state index is 11.1. The van der Waals surface area contributed by atoms with E-state index in [1.807, 2.05) is 0 Å². The van der Waals surface area contributed by atoms with Crippen molar-refractivity contribution in [3.05, 3.63) is 0 Å². The van der Waals surface area contributed by atoms with Crippen LogP contribution in [0.2, 0.25) is 0 Å². The van der Waals surface area contributed by atoms with Gasteiger partial charge in [0.25, 0.3) is 0 Å². The number of carboxylic acid groups (broad SMARTS) is 1. The van der Waals surface area contributed by atoms with Crippen molar-refractivity contribution >= 4 is 11.9 Å². The number of aliphatic carboxylic acids is 1. The summed E-state index contributed by atoms with van der Waals surface area (Å²) in [6.45, 7) is 0.955. The molecule has 0 heterocycles. The SMILES string of the molecule is CNCCCC(=O)NCCC(O)C(=O)O. The number of carbonyl (C=O) groups excluding carboxylic acids is 1. The van der Waals surface area contributed by atoms with Crippen LogP contribution in [0.5, 0.6) is 0 Å². The molecule has 1 atom stereocenters. The Morgan fingerprint density at radius 3 is 2.53 bits per heavy atom. The number of rotatable bonds is 8. The Balaban J connectivity index is 3.42. The Labute approximate surface area is 88.7 Å². The molecule has 0 aromatic rings. The molecule has 0 aliphatic heterocycles. The number of carboxylic acids is 1. The van der Waals surface area contributed by atoms with Gasteiger partial charge >= 0.3 is 5.97 Å². The standard InChI is InChI=1S/C9H18N2O4/c1-10-5-2-3-8(13)11-6-4-7(12)9(14)15/h7,10,12H,2-6H2,1H3,(H,11,13)(H,14,15). The lowest BCUT2D eigenvalue weighted by atomic mass is 10.2. The third-order valence-electron chi connectivity index (χ3n) is 1.86. The number of hydrogen-bond acceptors (Lipinski definition) is 4. The second-order valence-corrected chi connectivity index (χ2v) is 3.20. The lowest BCUT2D eigenvalue weighted by Crippen LogP contribution is -2.30. The topological polar surface area (TPSA) is 98.7 Å². The monoisotopic (exact) mass is 218 g/mol. The molecule has 0 aliphatic rings. The van der Waals surface area contributed by atoms with Gasteiger partial charge in [0.1, 0.15) is 0 Å². The summed E-state index contributed by atoms with van der Waals surface area (Å²) >= 11 is 0. The molecule has 0 saturated carbocycles. The first-order chi connectivity index (χ1) is 7.07. The second kappa shape index (κ2) is 8.19. The van der Waals surface area contributed by atoms with Crippen molar-refractivity contribution < 1.29 is 19.8 Å². The van der Waals surface area contributed by atoms with Gasteiger partial charge in [-0.2, -0.15) is 0 Å². The molecule has 0 aliphatic carbocycles. The average molecular weight is 218 g/mol. The molecule has 1 unspecified atom stereocenters. The predicted octanol–water partition coefficient (Wildman–Crippen LogP) is -1.06. The van der Waals surface area contributed by atoms with Crippen LogP contribution in [0.1, 0.15) is 19.3 Å². The van der Waals surface area contributed by atoms with Gasteiger partial charge in [0.15, 0.2) is 6.10 Å². The fraction of sp³-hybridized carbons (Fsp3) is 0.778. The van der Waals surface area contributed by atoms with E-state index < -0.39 is 12.1 Å². The highest BCUT2D eigenvalue weighted by atomic mass is 16.4. The van der Waals surface area contributed by atoms with Crippen LogP contribution in [0.3, 0.4) is 0 Å². The summed E-state index contributed by atoms with van der Waals surface area (Å²) in [6.07, 6.45) is -0.219. The maximum atomic E-state index is 11.1. The minimum Gasteiger partial charge on any atom is -0.479 e. The second-order valence-electron chi connectivity index (χ2n) is 3.20. The molecule has 0 saturated heterocycles. The number of aliphatic hydroxyl groups excluding tert-OH is 1. The van der Waals surface area contributed by atoms with E-state index in [0.717, 1.165) is 13.0 Å². The van der Waals surface area contributed by atoms with Crippen molar-refractivity contribution in [1.29, 1.82) is 0 Å². The molecule has 0 aromatic heterocycles. The number of aliphatic hydroxyl groups is 1. The van der Waals surface area contributed by atoms with E-state index in [1.165, 1.54) is 0 Å². The van der Waals surface area contributed by atoms with Gasteiger partial charge in [0.2, 0.25) is 5.91 Å². The molecule has 1 amide bonds. The number of nitrogens with one attached hydrogen (secondary N) is 2. The quantitative estimate of drug-likeness (QED) is 0.389. The van der Waals surface area contributed by atoms with Crippen LogP contribution in [0, 0.1) is 0 Å². The zero-order valence-electron chi connectivity index (χ0n) is 8.82. The first-order valence-corrected chi connectivity index (χ1v) is 4.90. The van der Waals surface area contributed by atoms with Gasteiger partial charge in [-0.1, -0.05) is 0 Å². The molecule has 0 spiro atoms. The number of carbonyl (C=O) groups is 2. The van der Waals surface area contributed by atoms with Crippen LogP contribution in [-0.4, -0.2) is 48.3 Å². The van der Waals surface area contributed by atoms with E-state index >= 15 is 0 Å². The number of hydrogen-bond donors (Lipinski definition) is 4. The summed E-state index contributed by atoms with van der Waals surface area (Å²) in [7, 11) is 1.81. The first-order valence-electron chi connectivity index (χ1n) is 4.90. The smallest absolute Gasteiger partial charge is 0.332 e. The van der Waals surface area contributed by atoms with Crippen LogP contribution in [-0.2, 0) is 9.59 Å². The Bertz CT molecular complexity index is 208. The van der Waals surface area contributed by atoms with E-state index in [0.29, 0.717) is 6.42 Å². The maximum Gasteiger partial charge on any atom is 0.332 e. The van der Waals surface area contributed by atoms with Crippen molar-refractivity contribution in [2.45, 2.75) is 25.4 Å². The Morgan fingerprint density at radius 1 is 1.33 bits per heavy atom. The van der Waals surface area contributed by atoms with Crippen LogP contribution in [0.25, 0.3) is 0 Å². The van der Waals surface area contributed by atoms with Crippen molar-refractivity contribution in [3.63, 3.8) is 0 Å². The van der Waals surface area contributed by atoms with E-state index in [1.54, 1.807) is 7.05 Å². The highest BCUT2D eigenvalue weighted by molar-refractivity contribution is 5.76. The summed E-state index contributed by atoms with van der Waals surface area (Å²) in [6, 6.07) is 0. The molecule has 4 N–H and O–H groups in total. The zero-order valence-corrected chi connectivity index (χ0v) is 8.82. The fourth-order valence-electron chi connectivity index (χ4n) is 0.986.